The predicted molar refractivity (Wildman–Crippen MR) is 119 cm³/mol. The van der Waals surface area contributed by atoms with Gasteiger partial charge in [-0.05, 0) is 24.1 Å². The van der Waals surface area contributed by atoms with Gasteiger partial charge in [-0.15, -0.1) is 0 Å². The number of benzene rings is 2. The molecule has 0 N–H and O–H groups in total. The molecule has 4 aromatic rings. The molecule has 6 nitrogen and oxygen atoms in total. The molecule has 0 aliphatic carbocycles. The number of anilines is 1. The maximum Gasteiger partial charge on any atom is 0.276 e. The van der Waals surface area contributed by atoms with Crippen molar-refractivity contribution in [1.82, 2.24) is 15.0 Å². The number of nitrogens with zero attached hydrogens (tertiary/aromatic N) is 4. The molecule has 1 aliphatic rings. The summed E-state index contributed by atoms with van der Waals surface area (Å²) in [5, 5.41) is 5.03. The number of hydrogen-bond donors (Lipinski definition) is 0. The molecule has 2 aromatic heterocycles. The number of aromatic nitrogens is 2. The maximum absolute atomic E-state index is 12.9. The van der Waals surface area contributed by atoms with Gasteiger partial charge >= 0.3 is 0 Å². The van der Waals surface area contributed by atoms with E-state index in [9.17, 15) is 4.79 Å². The number of amides is 1. The van der Waals surface area contributed by atoms with Gasteiger partial charge in [0.2, 0.25) is 0 Å². The van der Waals surface area contributed by atoms with Gasteiger partial charge in [-0.2, -0.15) is 0 Å². The summed E-state index contributed by atoms with van der Waals surface area (Å²) < 4.78 is 6.61. The minimum absolute atomic E-state index is 0.0857. The predicted octanol–water partition coefficient (Wildman–Crippen LogP) is 4.48. The average molecular weight is 419 g/mol. The molecule has 30 heavy (non-hydrogen) atoms. The molecule has 0 unspecified atom stereocenters. The van der Waals surface area contributed by atoms with Gasteiger partial charge in [0.25, 0.3) is 5.91 Å². The van der Waals surface area contributed by atoms with Gasteiger partial charge < -0.3 is 14.3 Å². The van der Waals surface area contributed by atoms with E-state index in [0.717, 1.165) is 35.7 Å². The van der Waals surface area contributed by atoms with Crippen LogP contribution in [0.1, 0.15) is 23.0 Å². The average Bonchev–Trinajstić information content (AvgIpc) is 3.46. The molecule has 0 saturated carbocycles. The molecule has 0 spiro atoms. The molecule has 1 fully saturated rings. The summed E-state index contributed by atoms with van der Waals surface area (Å²) in [5.74, 6) is 0.524. The Hall–Kier alpha value is -3.19. The van der Waals surface area contributed by atoms with E-state index in [-0.39, 0.29) is 5.91 Å². The Morgan fingerprint density at radius 3 is 2.63 bits per heavy atom. The van der Waals surface area contributed by atoms with Crippen LogP contribution >= 0.6 is 11.3 Å². The van der Waals surface area contributed by atoms with Crippen molar-refractivity contribution in [3.05, 3.63) is 65.9 Å². The molecule has 1 saturated heterocycles. The van der Waals surface area contributed by atoms with Crippen LogP contribution < -0.4 is 4.90 Å². The highest BCUT2D eigenvalue weighted by atomic mass is 32.1. The number of piperazine rings is 1. The number of hydrogen-bond acceptors (Lipinski definition) is 6. The lowest BCUT2D eigenvalue weighted by molar-refractivity contribution is 0.0736. The molecule has 0 radical (unpaired) electrons. The number of rotatable bonds is 4. The van der Waals surface area contributed by atoms with Crippen molar-refractivity contribution in [3.8, 4) is 11.3 Å². The molecule has 5 rings (SSSR count). The fraction of sp³-hybridized carbons (Fsp3) is 0.261. The smallest absolute Gasteiger partial charge is 0.276 e. The van der Waals surface area contributed by atoms with Gasteiger partial charge in [0.15, 0.2) is 16.6 Å². The molecule has 0 atom stereocenters. The Balaban J connectivity index is 1.26. The summed E-state index contributed by atoms with van der Waals surface area (Å²) in [6.07, 6.45) is 1.03. The van der Waals surface area contributed by atoms with Gasteiger partial charge in [-0.3, -0.25) is 4.79 Å². The van der Waals surface area contributed by atoms with Crippen LogP contribution in [0, 0.1) is 0 Å². The summed E-state index contributed by atoms with van der Waals surface area (Å²) in [6.45, 7) is 4.97. The van der Waals surface area contributed by atoms with Gasteiger partial charge in [0.1, 0.15) is 0 Å². The molecule has 1 amide bonds. The Labute approximate surface area is 178 Å². The SMILES string of the molecule is CCc1ccc2nc(N3CCN(C(=O)c4cc(-c5ccccc5)on4)CC3)sc2c1. The van der Waals surface area contributed by atoms with Gasteiger partial charge in [-0.25, -0.2) is 4.98 Å². The monoisotopic (exact) mass is 418 g/mol. The molecule has 152 valence electrons. The van der Waals surface area contributed by atoms with Crippen LogP contribution in [0.25, 0.3) is 21.5 Å². The summed E-state index contributed by atoms with van der Waals surface area (Å²) in [7, 11) is 0. The van der Waals surface area contributed by atoms with Gasteiger partial charge in [-0.1, -0.05) is 59.8 Å². The lowest BCUT2D eigenvalue weighted by atomic mass is 10.1. The number of aryl methyl sites for hydroxylation is 1. The fourth-order valence-electron chi connectivity index (χ4n) is 3.69. The second-order valence-electron chi connectivity index (χ2n) is 7.37. The minimum atomic E-state index is -0.0857. The highest BCUT2D eigenvalue weighted by Crippen LogP contribution is 2.30. The first kappa shape index (κ1) is 18.8. The zero-order valence-electron chi connectivity index (χ0n) is 16.7. The molecule has 1 aliphatic heterocycles. The van der Waals surface area contributed by atoms with Crippen molar-refractivity contribution in [2.75, 3.05) is 31.1 Å². The highest BCUT2D eigenvalue weighted by Gasteiger charge is 2.26. The van der Waals surface area contributed by atoms with E-state index in [1.165, 1.54) is 10.3 Å². The van der Waals surface area contributed by atoms with E-state index in [1.807, 2.05) is 35.2 Å². The fourth-order valence-corrected chi connectivity index (χ4v) is 4.77. The van der Waals surface area contributed by atoms with Crippen LogP contribution in [0.3, 0.4) is 0 Å². The van der Waals surface area contributed by atoms with E-state index in [1.54, 1.807) is 17.4 Å². The second kappa shape index (κ2) is 7.91. The quantitative estimate of drug-likeness (QED) is 0.489. The summed E-state index contributed by atoms with van der Waals surface area (Å²) in [4.78, 5) is 21.8. The van der Waals surface area contributed by atoms with Gasteiger partial charge in [0.05, 0.1) is 10.2 Å². The Kier molecular flexibility index (Phi) is 4.96. The summed E-state index contributed by atoms with van der Waals surface area (Å²) in [5.41, 5.74) is 3.64. The number of thiazole rings is 1. The molecular formula is C23H22N4O2S. The Morgan fingerprint density at radius 1 is 1.07 bits per heavy atom. The van der Waals surface area contributed by atoms with Crippen molar-refractivity contribution in [1.29, 1.82) is 0 Å². The van der Waals surface area contributed by atoms with Crippen LogP contribution in [0.4, 0.5) is 5.13 Å². The van der Waals surface area contributed by atoms with Crippen LogP contribution in [0.15, 0.2) is 59.1 Å². The number of carbonyl (C=O) groups is 1. The molecular weight excluding hydrogens is 396 g/mol. The number of fused-ring (bicyclic) bond motifs is 1. The molecule has 2 aromatic carbocycles. The van der Waals surface area contributed by atoms with E-state index < -0.39 is 0 Å². The summed E-state index contributed by atoms with van der Waals surface area (Å²) in [6, 6.07) is 17.9. The van der Waals surface area contributed by atoms with Crippen molar-refractivity contribution >= 4 is 32.6 Å². The topological polar surface area (TPSA) is 62.5 Å². The maximum atomic E-state index is 12.9. The third kappa shape index (κ3) is 3.57. The van der Waals surface area contributed by atoms with Crippen LogP contribution in [-0.2, 0) is 6.42 Å². The highest BCUT2D eigenvalue weighted by molar-refractivity contribution is 7.22. The van der Waals surface area contributed by atoms with Gasteiger partial charge in [0, 0.05) is 37.8 Å². The zero-order valence-corrected chi connectivity index (χ0v) is 17.6. The standard InChI is InChI=1S/C23H22N4O2S/c1-2-16-8-9-18-21(14-16)30-23(24-18)27-12-10-26(11-13-27)22(28)19-15-20(29-25-19)17-6-4-3-5-7-17/h3-9,14-15H,2,10-13H2,1H3. The second-order valence-corrected chi connectivity index (χ2v) is 8.38. The van der Waals surface area contributed by atoms with E-state index >= 15 is 0 Å². The number of carbonyl (C=O) groups excluding carboxylic acids is 1. The normalized spacial score (nSPS) is 14.4. The lowest BCUT2D eigenvalue weighted by Crippen LogP contribution is -2.48. The first-order valence-corrected chi connectivity index (χ1v) is 11.0. The Morgan fingerprint density at radius 2 is 1.87 bits per heavy atom. The van der Waals surface area contributed by atoms with Crippen molar-refractivity contribution in [2.24, 2.45) is 0 Å². The van der Waals surface area contributed by atoms with Crippen LogP contribution in [0.5, 0.6) is 0 Å². The van der Waals surface area contributed by atoms with Crippen LogP contribution in [0.2, 0.25) is 0 Å². The van der Waals surface area contributed by atoms with Crippen molar-refractivity contribution in [3.63, 3.8) is 0 Å². The molecule has 7 heteroatoms. The third-order valence-electron chi connectivity index (χ3n) is 5.47. The van der Waals surface area contributed by atoms with Crippen molar-refractivity contribution < 1.29 is 9.32 Å². The van der Waals surface area contributed by atoms with E-state index in [4.69, 9.17) is 9.51 Å². The summed E-state index contributed by atoms with van der Waals surface area (Å²) >= 11 is 1.72. The first-order valence-electron chi connectivity index (χ1n) is 10.2. The lowest BCUT2D eigenvalue weighted by Gasteiger charge is -2.34. The minimum Gasteiger partial charge on any atom is -0.355 e. The molecule has 3 heterocycles. The third-order valence-corrected chi connectivity index (χ3v) is 6.55. The van der Waals surface area contributed by atoms with E-state index in [2.05, 4.69) is 35.2 Å². The van der Waals surface area contributed by atoms with Crippen molar-refractivity contribution in [2.45, 2.75) is 13.3 Å². The largest absolute Gasteiger partial charge is 0.355 e. The first-order chi connectivity index (χ1) is 14.7. The molecule has 0 bridgehead atoms. The van der Waals surface area contributed by atoms with Crippen LogP contribution in [-0.4, -0.2) is 47.1 Å². The Bertz CT molecular complexity index is 1180. The zero-order chi connectivity index (χ0) is 20.5. The van der Waals surface area contributed by atoms with E-state index in [0.29, 0.717) is 24.5 Å².